The number of nitrogens with one attached hydrogen (secondary N) is 1. The van der Waals surface area contributed by atoms with Crippen molar-refractivity contribution in [1.82, 2.24) is 14.6 Å². The number of piperidine rings is 1. The number of ether oxygens (including phenoxy) is 2. The quantitative estimate of drug-likeness (QED) is 0.118. The van der Waals surface area contributed by atoms with E-state index in [4.69, 9.17) is 26.2 Å². The fourth-order valence-electron chi connectivity index (χ4n) is 6.53. The Bertz CT molecular complexity index is 1810. The van der Waals surface area contributed by atoms with E-state index in [1.54, 1.807) is 18.3 Å². The highest BCUT2D eigenvalue weighted by Crippen LogP contribution is 2.53. The molecule has 2 aromatic carbocycles. The molecule has 282 valence electrons. The monoisotopic (exact) mass is 759 g/mol. The summed E-state index contributed by atoms with van der Waals surface area (Å²) in [4.78, 5) is 17.0. The maximum Gasteiger partial charge on any atom is 0.243 e. The number of halogens is 1. The van der Waals surface area contributed by atoms with Gasteiger partial charge in [-0.05, 0) is 85.9 Å². The predicted molar refractivity (Wildman–Crippen MR) is 191 cm³/mol. The second-order valence-electron chi connectivity index (χ2n) is 13.9. The van der Waals surface area contributed by atoms with Gasteiger partial charge in [-0.1, -0.05) is 29.8 Å². The molecular formula is C37H46ClN3O10S. The molecule has 0 radical (unpaired) electrons. The van der Waals surface area contributed by atoms with Crippen molar-refractivity contribution in [2.24, 2.45) is 5.92 Å². The van der Waals surface area contributed by atoms with Crippen molar-refractivity contribution in [3.8, 4) is 16.9 Å². The Kier molecular flexibility index (Phi) is 12.2. The molecule has 1 amide bonds. The van der Waals surface area contributed by atoms with E-state index in [1.807, 2.05) is 36.5 Å². The van der Waals surface area contributed by atoms with Crippen LogP contribution < -0.4 is 10.1 Å². The van der Waals surface area contributed by atoms with Crippen molar-refractivity contribution in [2.45, 2.75) is 92.6 Å². The number of hydrogen-bond donors (Lipinski definition) is 6. The number of aliphatic hydroxyl groups excluding tert-OH is 5. The van der Waals surface area contributed by atoms with Crippen LogP contribution in [0.15, 0.2) is 65.8 Å². The highest BCUT2D eigenvalue weighted by Gasteiger charge is 2.48. The topological polar surface area (TPSA) is 199 Å². The number of para-hydroxylation sites is 1. The standard InChI is InChI=1S/C37H46ClN3O10S/c38-30-8-7-26(52(48,49)41-15-10-23(11-16-41)17-34(45)40-20-31(43)35(46)36(47)32(44)21-42)18-24(30)22-50-37(12-13-37)29-19-39-14-9-27(29)28-3-1-2-4-33(28)51-25-5-6-25/h1-4,7-9,14,18-19,23,25,31-32,35-36,42-44,46-47H,5-6,10-13,15-17,20-22H2,(H,40,45). The van der Waals surface area contributed by atoms with Gasteiger partial charge >= 0.3 is 0 Å². The Morgan fingerprint density at radius 2 is 1.69 bits per heavy atom. The lowest BCUT2D eigenvalue weighted by Gasteiger charge is -2.31. The van der Waals surface area contributed by atoms with E-state index in [-0.39, 0.29) is 49.6 Å². The van der Waals surface area contributed by atoms with E-state index in [1.165, 1.54) is 10.4 Å². The molecule has 52 heavy (non-hydrogen) atoms. The molecule has 1 aromatic heterocycles. The van der Waals surface area contributed by atoms with E-state index >= 15 is 0 Å². The number of aromatic nitrogens is 1. The zero-order valence-corrected chi connectivity index (χ0v) is 30.3. The van der Waals surface area contributed by atoms with Crippen LogP contribution in [0.25, 0.3) is 11.1 Å². The van der Waals surface area contributed by atoms with Gasteiger partial charge in [0.25, 0.3) is 0 Å². The number of amides is 1. The van der Waals surface area contributed by atoms with Crippen LogP contribution >= 0.6 is 11.6 Å². The number of aliphatic hydroxyl groups is 5. The third kappa shape index (κ3) is 8.95. The lowest BCUT2D eigenvalue weighted by atomic mass is 9.94. The van der Waals surface area contributed by atoms with Gasteiger partial charge in [0.15, 0.2) is 0 Å². The van der Waals surface area contributed by atoms with E-state index in [9.17, 15) is 33.6 Å². The average molecular weight is 760 g/mol. The van der Waals surface area contributed by atoms with Crippen LogP contribution in [-0.4, -0.2) is 106 Å². The zero-order valence-electron chi connectivity index (χ0n) is 28.7. The van der Waals surface area contributed by atoms with Crippen molar-refractivity contribution in [3.05, 3.63) is 77.1 Å². The van der Waals surface area contributed by atoms with Gasteiger partial charge in [0, 0.05) is 54.6 Å². The number of carbonyl (C=O) groups excluding carboxylic acids is 1. The van der Waals surface area contributed by atoms with Gasteiger partial charge in [0.1, 0.15) is 24.1 Å². The Hall–Kier alpha value is -3.18. The van der Waals surface area contributed by atoms with Crippen molar-refractivity contribution < 1.29 is 48.2 Å². The van der Waals surface area contributed by atoms with Crippen molar-refractivity contribution in [1.29, 1.82) is 0 Å². The van der Waals surface area contributed by atoms with Crippen LogP contribution in [0.5, 0.6) is 5.75 Å². The van der Waals surface area contributed by atoms with Crippen LogP contribution in [0, 0.1) is 5.92 Å². The highest BCUT2D eigenvalue weighted by molar-refractivity contribution is 7.89. The van der Waals surface area contributed by atoms with Gasteiger partial charge in [-0.15, -0.1) is 0 Å². The summed E-state index contributed by atoms with van der Waals surface area (Å²) in [5, 5.41) is 51.0. The molecule has 6 N–H and O–H groups in total. The minimum atomic E-state index is -3.87. The molecule has 0 spiro atoms. The molecule has 4 atom stereocenters. The molecule has 1 saturated heterocycles. The molecule has 15 heteroatoms. The molecule has 3 aliphatic rings. The van der Waals surface area contributed by atoms with Gasteiger partial charge in [-0.3, -0.25) is 9.78 Å². The second kappa shape index (κ2) is 16.5. The third-order valence-electron chi connectivity index (χ3n) is 10.1. The van der Waals surface area contributed by atoms with E-state index in [0.29, 0.717) is 23.4 Å². The maximum atomic E-state index is 13.7. The lowest BCUT2D eigenvalue weighted by molar-refractivity contribution is -0.127. The van der Waals surface area contributed by atoms with E-state index < -0.39 is 52.6 Å². The smallest absolute Gasteiger partial charge is 0.243 e. The number of hydrogen-bond acceptors (Lipinski definition) is 11. The summed E-state index contributed by atoms with van der Waals surface area (Å²) in [7, 11) is -3.87. The molecule has 4 unspecified atom stereocenters. The highest BCUT2D eigenvalue weighted by atomic mass is 35.5. The maximum absolute atomic E-state index is 13.7. The molecular weight excluding hydrogens is 714 g/mol. The van der Waals surface area contributed by atoms with Crippen LogP contribution in [0.2, 0.25) is 5.02 Å². The predicted octanol–water partition coefficient (Wildman–Crippen LogP) is 2.49. The number of benzene rings is 2. The summed E-state index contributed by atoms with van der Waals surface area (Å²) in [6.45, 7) is -0.666. The SMILES string of the molecule is O=C(CC1CCN(S(=O)(=O)c2ccc(Cl)c(COC3(c4cnccc4-c4ccccc4OC4CC4)CC3)c2)CC1)NCC(O)C(O)C(O)C(O)CO. The number of pyridine rings is 1. The minimum absolute atomic E-state index is 0.0838. The van der Waals surface area contributed by atoms with Crippen LogP contribution in [0.3, 0.4) is 0 Å². The van der Waals surface area contributed by atoms with Crippen LogP contribution in [0.4, 0.5) is 0 Å². The Labute approximate surface area is 308 Å². The Balaban J connectivity index is 1.05. The van der Waals surface area contributed by atoms with Crippen LogP contribution in [0.1, 0.15) is 56.1 Å². The first-order chi connectivity index (χ1) is 24.9. The summed E-state index contributed by atoms with van der Waals surface area (Å²) in [6, 6.07) is 14.6. The van der Waals surface area contributed by atoms with Crippen molar-refractivity contribution in [2.75, 3.05) is 26.2 Å². The first kappa shape index (κ1) is 38.5. The fourth-order valence-corrected chi connectivity index (χ4v) is 8.23. The molecule has 1 aliphatic heterocycles. The summed E-state index contributed by atoms with van der Waals surface area (Å²) in [5.74, 6) is 0.311. The average Bonchev–Trinajstić information content (AvgIpc) is 4.10. The Morgan fingerprint density at radius 3 is 2.38 bits per heavy atom. The van der Waals surface area contributed by atoms with Gasteiger partial charge in [-0.25, -0.2) is 8.42 Å². The normalized spacial score (nSPS) is 20.1. The molecule has 2 saturated carbocycles. The zero-order chi connectivity index (χ0) is 37.0. The Morgan fingerprint density at radius 1 is 0.981 bits per heavy atom. The number of sulfonamides is 1. The molecule has 2 aliphatic carbocycles. The third-order valence-corrected chi connectivity index (χ3v) is 12.3. The van der Waals surface area contributed by atoms with E-state index in [0.717, 1.165) is 48.1 Å². The summed E-state index contributed by atoms with van der Waals surface area (Å²) < 4.78 is 41.6. The number of rotatable bonds is 17. The lowest BCUT2D eigenvalue weighted by Crippen LogP contribution is -2.49. The fraction of sp³-hybridized carbons (Fsp3) is 0.514. The van der Waals surface area contributed by atoms with Crippen molar-refractivity contribution in [3.63, 3.8) is 0 Å². The van der Waals surface area contributed by atoms with Crippen molar-refractivity contribution >= 4 is 27.5 Å². The molecule has 3 fully saturated rings. The molecule has 13 nitrogen and oxygen atoms in total. The molecule has 3 aromatic rings. The minimum Gasteiger partial charge on any atom is -0.490 e. The second-order valence-corrected chi connectivity index (χ2v) is 16.3. The van der Waals surface area contributed by atoms with Gasteiger partial charge in [0.05, 0.1) is 35.9 Å². The summed E-state index contributed by atoms with van der Waals surface area (Å²) in [6.07, 6.45) is 1.66. The largest absolute Gasteiger partial charge is 0.490 e. The first-order valence-corrected chi connectivity index (χ1v) is 19.5. The van der Waals surface area contributed by atoms with Gasteiger partial charge in [0.2, 0.25) is 15.9 Å². The molecule has 2 heterocycles. The van der Waals surface area contributed by atoms with Gasteiger partial charge < -0.3 is 40.3 Å². The summed E-state index contributed by atoms with van der Waals surface area (Å²) in [5.41, 5.74) is 2.86. The molecule has 6 rings (SSSR count). The first-order valence-electron chi connectivity index (χ1n) is 17.6. The van der Waals surface area contributed by atoms with Gasteiger partial charge in [-0.2, -0.15) is 4.31 Å². The summed E-state index contributed by atoms with van der Waals surface area (Å²) >= 11 is 6.58. The van der Waals surface area contributed by atoms with Crippen LogP contribution in [-0.2, 0) is 31.8 Å². The number of carbonyl (C=O) groups is 1. The number of nitrogens with zero attached hydrogens (tertiary/aromatic N) is 2. The molecule has 0 bridgehead atoms. The van der Waals surface area contributed by atoms with E-state index in [2.05, 4.69) is 10.3 Å².